The zero-order valence-corrected chi connectivity index (χ0v) is 18.6. The fourth-order valence-electron chi connectivity index (χ4n) is 3.50. The summed E-state index contributed by atoms with van der Waals surface area (Å²) in [5.41, 5.74) is 7.24. The number of fused-ring (bicyclic) bond motifs is 1. The minimum absolute atomic E-state index is 0.286. The summed E-state index contributed by atoms with van der Waals surface area (Å²) in [6.45, 7) is 1.93. The molecule has 0 saturated heterocycles. The Morgan fingerprint density at radius 1 is 1.06 bits per heavy atom. The molecule has 5 rings (SSSR count). The highest BCUT2D eigenvalue weighted by molar-refractivity contribution is 7.07. The van der Waals surface area contributed by atoms with Crippen LogP contribution in [0.1, 0.15) is 18.7 Å². The highest BCUT2D eigenvalue weighted by atomic mass is 32.1. The molecule has 4 heterocycles. The lowest BCUT2D eigenvalue weighted by Crippen LogP contribution is -2.06. The van der Waals surface area contributed by atoms with Crippen molar-refractivity contribution in [3.63, 3.8) is 0 Å². The van der Waals surface area contributed by atoms with Crippen LogP contribution in [0, 0.1) is 0 Å². The van der Waals surface area contributed by atoms with Gasteiger partial charge in [0.05, 0.1) is 23.8 Å². The number of ether oxygens (including phenoxy) is 2. The van der Waals surface area contributed by atoms with E-state index in [1.165, 1.54) is 17.7 Å². The Balaban J connectivity index is 1.66. The van der Waals surface area contributed by atoms with Crippen LogP contribution in [0.4, 0.5) is 0 Å². The molecule has 0 bridgehead atoms. The quantitative estimate of drug-likeness (QED) is 0.375. The smallest absolute Gasteiger partial charge is 0.258 e. The monoisotopic (exact) mass is 444 g/mol. The van der Waals surface area contributed by atoms with Gasteiger partial charge in [0.15, 0.2) is 5.75 Å². The second-order valence-electron chi connectivity index (χ2n) is 7.19. The summed E-state index contributed by atoms with van der Waals surface area (Å²) in [4.78, 5) is 18.1. The number of pyridine rings is 1. The van der Waals surface area contributed by atoms with Crippen molar-refractivity contribution in [3.05, 3.63) is 65.5 Å². The van der Waals surface area contributed by atoms with Gasteiger partial charge in [0, 0.05) is 35.8 Å². The molecule has 0 fully saturated rings. The molecule has 0 radical (unpaired) electrons. The molecule has 0 aliphatic carbocycles. The van der Waals surface area contributed by atoms with Crippen LogP contribution in [-0.4, -0.2) is 36.8 Å². The summed E-state index contributed by atoms with van der Waals surface area (Å²) in [5.74, 6) is 0.861. The predicted octanol–water partition coefficient (Wildman–Crippen LogP) is 4.70. The minimum Gasteiger partial charge on any atom is -0.491 e. The Labute approximate surface area is 188 Å². The minimum atomic E-state index is -0.286. The van der Waals surface area contributed by atoms with Crippen LogP contribution in [0.3, 0.4) is 0 Å². The molecular formula is C23H20N6O2S. The van der Waals surface area contributed by atoms with Gasteiger partial charge in [-0.05, 0) is 6.92 Å². The number of thiazole rings is 1. The maximum Gasteiger partial charge on any atom is 0.258 e. The molecule has 9 heteroatoms. The SMILES string of the molecule is COc1cc2ncnc(-c3cn(C)nc3-c3ccccc3)c2nc1O[C@H](C)c1cscn1. The zero-order chi connectivity index (χ0) is 22.1. The Kier molecular flexibility index (Phi) is 5.24. The van der Waals surface area contributed by atoms with Crippen LogP contribution >= 0.6 is 11.3 Å². The first-order valence-electron chi connectivity index (χ1n) is 9.98. The van der Waals surface area contributed by atoms with Gasteiger partial charge in [-0.3, -0.25) is 4.68 Å². The van der Waals surface area contributed by atoms with E-state index in [0.717, 1.165) is 22.5 Å². The van der Waals surface area contributed by atoms with E-state index in [-0.39, 0.29) is 6.10 Å². The highest BCUT2D eigenvalue weighted by Gasteiger charge is 2.21. The van der Waals surface area contributed by atoms with Crippen LogP contribution in [0.15, 0.2) is 59.8 Å². The fraction of sp³-hybridized carbons (Fsp3) is 0.174. The molecule has 4 aromatic heterocycles. The molecule has 5 aromatic rings. The zero-order valence-electron chi connectivity index (χ0n) is 17.8. The highest BCUT2D eigenvalue weighted by Crippen LogP contribution is 2.37. The lowest BCUT2D eigenvalue weighted by molar-refractivity contribution is 0.203. The van der Waals surface area contributed by atoms with E-state index >= 15 is 0 Å². The fourth-order valence-corrected chi connectivity index (χ4v) is 4.14. The summed E-state index contributed by atoms with van der Waals surface area (Å²) in [5, 5.41) is 6.62. The van der Waals surface area contributed by atoms with Crippen molar-refractivity contribution in [3.8, 4) is 34.1 Å². The lowest BCUT2D eigenvalue weighted by atomic mass is 10.0. The van der Waals surface area contributed by atoms with E-state index in [2.05, 4.69) is 20.1 Å². The second-order valence-corrected chi connectivity index (χ2v) is 7.91. The van der Waals surface area contributed by atoms with E-state index in [0.29, 0.717) is 28.4 Å². The van der Waals surface area contributed by atoms with E-state index in [4.69, 9.17) is 14.5 Å². The number of nitrogens with zero attached hydrogens (tertiary/aromatic N) is 6. The van der Waals surface area contributed by atoms with Gasteiger partial charge in [0.1, 0.15) is 29.3 Å². The maximum atomic E-state index is 6.13. The molecule has 0 aliphatic heterocycles. The molecule has 32 heavy (non-hydrogen) atoms. The van der Waals surface area contributed by atoms with Crippen molar-refractivity contribution >= 4 is 22.4 Å². The average Bonchev–Trinajstić information content (AvgIpc) is 3.49. The number of hydrogen-bond donors (Lipinski definition) is 0. The Bertz CT molecular complexity index is 1370. The van der Waals surface area contributed by atoms with Gasteiger partial charge in [-0.1, -0.05) is 30.3 Å². The molecule has 8 nitrogen and oxygen atoms in total. The molecule has 0 N–H and O–H groups in total. The van der Waals surface area contributed by atoms with Gasteiger partial charge in [-0.15, -0.1) is 11.3 Å². The first kappa shape index (κ1) is 20.1. The Hall–Kier alpha value is -3.85. The molecule has 1 aromatic carbocycles. The average molecular weight is 445 g/mol. The summed E-state index contributed by atoms with van der Waals surface area (Å²) < 4.78 is 13.4. The number of hydrogen-bond acceptors (Lipinski definition) is 8. The topological polar surface area (TPSA) is 87.8 Å². The third-order valence-corrected chi connectivity index (χ3v) is 5.65. The van der Waals surface area contributed by atoms with Crippen LogP contribution in [0.2, 0.25) is 0 Å². The molecule has 160 valence electrons. The molecule has 0 amide bonds. The molecule has 0 aliphatic rings. The number of aryl methyl sites for hydroxylation is 1. The third kappa shape index (κ3) is 3.67. The molecule has 0 spiro atoms. The molecular weight excluding hydrogens is 424 g/mol. The van der Waals surface area contributed by atoms with E-state index < -0.39 is 0 Å². The number of benzene rings is 1. The Morgan fingerprint density at radius 2 is 1.91 bits per heavy atom. The standard InChI is InChI=1S/C23H20N6O2S/c1-14(18-11-32-13-26-18)31-23-19(30-3)9-17-22(27-23)21(25-12-24-17)16-10-29(2)28-20(16)15-7-5-4-6-8-15/h4-14H,1-3H3/t14-/m1/s1. The molecule has 0 saturated carbocycles. The van der Waals surface area contributed by atoms with Gasteiger partial charge in [-0.25, -0.2) is 19.9 Å². The molecule has 0 unspecified atom stereocenters. The summed E-state index contributed by atoms with van der Waals surface area (Å²) in [6, 6.07) is 11.8. The van der Waals surface area contributed by atoms with Gasteiger partial charge < -0.3 is 9.47 Å². The lowest BCUT2D eigenvalue weighted by Gasteiger charge is -2.15. The van der Waals surface area contributed by atoms with Crippen molar-refractivity contribution in [1.82, 2.24) is 29.7 Å². The number of methoxy groups -OCH3 is 1. The van der Waals surface area contributed by atoms with Crippen LogP contribution in [0.5, 0.6) is 11.6 Å². The van der Waals surface area contributed by atoms with Crippen LogP contribution in [-0.2, 0) is 7.05 Å². The normalized spacial score (nSPS) is 12.1. The second kappa shape index (κ2) is 8.35. The number of aromatic nitrogens is 6. The van der Waals surface area contributed by atoms with Crippen LogP contribution in [0.25, 0.3) is 33.5 Å². The van der Waals surface area contributed by atoms with Crippen molar-refractivity contribution in [2.75, 3.05) is 7.11 Å². The van der Waals surface area contributed by atoms with Crippen LogP contribution < -0.4 is 9.47 Å². The summed E-state index contributed by atoms with van der Waals surface area (Å²) in [6.07, 6.45) is 3.18. The first-order valence-corrected chi connectivity index (χ1v) is 10.9. The largest absolute Gasteiger partial charge is 0.491 e. The van der Waals surface area contributed by atoms with Crippen molar-refractivity contribution < 1.29 is 9.47 Å². The number of rotatable bonds is 6. The van der Waals surface area contributed by atoms with Crippen molar-refractivity contribution in [2.45, 2.75) is 13.0 Å². The third-order valence-electron chi connectivity index (χ3n) is 5.05. The summed E-state index contributed by atoms with van der Waals surface area (Å²) in [7, 11) is 3.47. The summed E-state index contributed by atoms with van der Waals surface area (Å²) >= 11 is 1.52. The van der Waals surface area contributed by atoms with E-state index in [1.54, 1.807) is 17.3 Å². The van der Waals surface area contributed by atoms with Gasteiger partial charge in [-0.2, -0.15) is 5.10 Å². The predicted molar refractivity (Wildman–Crippen MR) is 123 cm³/mol. The Morgan fingerprint density at radius 3 is 2.66 bits per heavy atom. The van der Waals surface area contributed by atoms with E-state index in [9.17, 15) is 0 Å². The van der Waals surface area contributed by atoms with Crippen molar-refractivity contribution in [2.24, 2.45) is 7.05 Å². The van der Waals surface area contributed by atoms with E-state index in [1.807, 2.05) is 61.9 Å². The van der Waals surface area contributed by atoms with Gasteiger partial charge in [0.2, 0.25) is 0 Å². The first-order chi connectivity index (χ1) is 15.6. The van der Waals surface area contributed by atoms with Gasteiger partial charge in [0.25, 0.3) is 5.88 Å². The molecule has 1 atom stereocenters. The van der Waals surface area contributed by atoms with Crippen molar-refractivity contribution in [1.29, 1.82) is 0 Å². The van der Waals surface area contributed by atoms with Gasteiger partial charge >= 0.3 is 0 Å². The maximum absolute atomic E-state index is 6.13.